The first-order chi connectivity index (χ1) is 7.90. The highest BCUT2D eigenvalue weighted by Gasteiger charge is 2.01. The number of para-hydroxylation sites is 1. The number of hydrogen-bond acceptors (Lipinski definition) is 1. The second-order valence-corrected chi connectivity index (χ2v) is 3.71. The Morgan fingerprint density at radius 1 is 1.00 bits per heavy atom. The van der Waals surface area contributed by atoms with Gasteiger partial charge in [0.05, 0.1) is 7.11 Å². The maximum Gasteiger partial charge on any atom is 0.130 e. The molecule has 0 heterocycles. The molecule has 0 N–H and O–H groups in total. The first-order valence-electron chi connectivity index (χ1n) is 5.47. The SMILES string of the molecule is COc1[c]cccc1CCc1ccccc1. The Bertz CT molecular complexity index is 434. The third-order valence-corrected chi connectivity index (χ3v) is 2.63. The van der Waals surface area contributed by atoms with Gasteiger partial charge in [-0.3, -0.25) is 0 Å². The highest BCUT2D eigenvalue weighted by atomic mass is 16.5. The molecule has 0 aliphatic rings. The fraction of sp³-hybridized carbons (Fsp3) is 0.200. The summed E-state index contributed by atoms with van der Waals surface area (Å²) in [7, 11) is 1.69. The summed E-state index contributed by atoms with van der Waals surface area (Å²) in [6.45, 7) is 0. The Kier molecular flexibility index (Phi) is 3.60. The Balaban J connectivity index is 2.05. The molecular formula is C15H15O. The molecule has 2 aromatic rings. The second-order valence-electron chi connectivity index (χ2n) is 3.71. The van der Waals surface area contributed by atoms with Gasteiger partial charge in [0.25, 0.3) is 0 Å². The van der Waals surface area contributed by atoms with E-state index in [1.54, 1.807) is 7.11 Å². The number of methoxy groups -OCH3 is 1. The highest BCUT2D eigenvalue weighted by molar-refractivity contribution is 5.33. The predicted octanol–water partition coefficient (Wildman–Crippen LogP) is 3.28. The van der Waals surface area contributed by atoms with Gasteiger partial charge in [-0.15, -0.1) is 0 Å². The Hall–Kier alpha value is -1.76. The van der Waals surface area contributed by atoms with Crippen molar-refractivity contribution in [1.29, 1.82) is 0 Å². The third kappa shape index (κ3) is 2.63. The molecule has 81 valence electrons. The molecule has 0 aliphatic heterocycles. The minimum Gasteiger partial charge on any atom is -0.496 e. The quantitative estimate of drug-likeness (QED) is 0.754. The molecule has 0 bridgehead atoms. The molecule has 1 radical (unpaired) electrons. The van der Waals surface area contributed by atoms with Crippen molar-refractivity contribution in [1.82, 2.24) is 0 Å². The molecular weight excluding hydrogens is 196 g/mol. The fourth-order valence-electron chi connectivity index (χ4n) is 1.77. The van der Waals surface area contributed by atoms with E-state index in [-0.39, 0.29) is 0 Å². The third-order valence-electron chi connectivity index (χ3n) is 2.63. The fourth-order valence-corrected chi connectivity index (χ4v) is 1.77. The van der Waals surface area contributed by atoms with Crippen LogP contribution in [0.3, 0.4) is 0 Å². The molecule has 0 unspecified atom stereocenters. The lowest BCUT2D eigenvalue weighted by Gasteiger charge is -2.07. The van der Waals surface area contributed by atoms with Gasteiger partial charge in [-0.2, -0.15) is 0 Å². The zero-order valence-corrected chi connectivity index (χ0v) is 9.44. The van der Waals surface area contributed by atoms with Gasteiger partial charge in [0, 0.05) is 6.07 Å². The van der Waals surface area contributed by atoms with Crippen molar-refractivity contribution < 1.29 is 4.74 Å². The van der Waals surface area contributed by atoms with E-state index in [0.717, 1.165) is 18.6 Å². The maximum absolute atomic E-state index is 5.28. The second kappa shape index (κ2) is 5.36. The van der Waals surface area contributed by atoms with Crippen molar-refractivity contribution in [2.75, 3.05) is 7.11 Å². The Morgan fingerprint density at radius 2 is 1.81 bits per heavy atom. The molecule has 1 nitrogen and oxygen atoms in total. The molecule has 0 aliphatic carbocycles. The van der Waals surface area contributed by atoms with E-state index < -0.39 is 0 Å². The van der Waals surface area contributed by atoms with Crippen molar-refractivity contribution in [2.45, 2.75) is 12.8 Å². The van der Waals surface area contributed by atoms with Gasteiger partial charge in [0.15, 0.2) is 0 Å². The maximum atomic E-state index is 5.28. The lowest BCUT2D eigenvalue weighted by molar-refractivity contribution is 0.408. The summed E-state index contributed by atoms with van der Waals surface area (Å²) < 4.78 is 5.28. The molecule has 2 rings (SSSR count). The molecule has 16 heavy (non-hydrogen) atoms. The molecule has 1 heteroatoms. The summed E-state index contributed by atoms with van der Waals surface area (Å²) in [6, 6.07) is 19.6. The van der Waals surface area contributed by atoms with Gasteiger partial charge in [-0.25, -0.2) is 0 Å². The largest absolute Gasteiger partial charge is 0.496 e. The van der Waals surface area contributed by atoms with E-state index >= 15 is 0 Å². The lowest BCUT2D eigenvalue weighted by atomic mass is 10.0. The predicted molar refractivity (Wildman–Crippen MR) is 65.7 cm³/mol. The minimum absolute atomic E-state index is 0.860. The number of benzene rings is 2. The Labute approximate surface area is 96.7 Å². The molecule has 0 amide bonds. The summed E-state index contributed by atoms with van der Waals surface area (Å²) in [5.41, 5.74) is 2.57. The van der Waals surface area contributed by atoms with Crippen LogP contribution in [-0.2, 0) is 12.8 Å². The van der Waals surface area contributed by atoms with Crippen molar-refractivity contribution in [3.8, 4) is 5.75 Å². The molecule has 0 atom stereocenters. The van der Waals surface area contributed by atoms with Crippen LogP contribution in [0.15, 0.2) is 48.5 Å². The van der Waals surface area contributed by atoms with E-state index in [4.69, 9.17) is 4.74 Å². The molecule has 0 spiro atoms. The summed E-state index contributed by atoms with van der Waals surface area (Å²) in [4.78, 5) is 0. The zero-order chi connectivity index (χ0) is 11.2. The van der Waals surface area contributed by atoms with Crippen LogP contribution in [0.2, 0.25) is 0 Å². The normalized spacial score (nSPS) is 10.1. The van der Waals surface area contributed by atoms with Crippen LogP contribution in [0.25, 0.3) is 0 Å². The standard InChI is InChI=1S/C15H15O/c1-16-15-10-6-5-9-14(15)12-11-13-7-3-2-4-8-13/h2-9H,11-12H2,1H3. The molecule has 0 fully saturated rings. The Morgan fingerprint density at radius 3 is 2.56 bits per heavy atom. The number of rotatable bonds is 4. The van der Waals surface area contributed by atoms with Crippen LogP contribution >= 0.6 is 0 Å². The first kappa shape index (κ1) is 10.7. The monoisotopic (exact) mass is 211 g/mol. The van der Waals surface area contributed by atoms with Crippen molar-refractivity contribution >= 4 is 0 Å². The first-order valence-corrected chi connectivity index (χ1v) is 5.47. The van der Waals surface area contributed by atoms with Gasteiger partial charge in [-0.05, 0) is 24.0 Å². The van der Waals surface area contributed by atoms with E-state index in [1.165, 1.54) is 11.1 Å². The van der Waals surface area contributed by atoms with Crippen molar-refractivity contribution in [2.24, 2.45) is 0 Å². The van der Waals surface area contributed by atoms with E-state index in [0.29, 0.717) is 0 Å². The van der Waals surface area contributed by atoms with Crippen LogP contribution in [0.5, 0.6) is 5.75 Å². The zero-order valence-electron chi connectivity index (χ0n) is 9.44. The average Bonchev–Trinajstić information content (AvgIpc) is 2.38. The molecule has 0 saturated heterocycles. The molecule has 0 aromatic heterocycles. The average molecular weight is 211 g/mol. The lowest BCUT2D eigenvalue weighted by Crippen LogP contribution is -1.95. The van der Waals surface area contributed by atoms with Gasteiger partial charge in [0.1, 0.15) is 5.75 Å². The van der Waals surface area contributed by atoms with Crippen LogP contribution in [0.1, 0.15) is 11.1 Å². The van der Waals surface area contributed by atoms with Crippen LogP contribution in [0.4, 0.5) is 0 Å². The highest BCUT2D eigenvalue weighted by Crippen LogP contribution is 2.18. The van der Waals surface area contributed by atoms with Gasteiger partial charge in [-0.1, -0.05) is 48.5 Å². The smallest absolute Gasteiger partial charge is 0.130 e. The summed E-state index contributed by atoms with van der Waals surface area (Å²) in [5.74, 6) is 0.860. The number of ether oxygens (including phenoxy) is 1. The topological polar surface area (TPSA) is 9.23 Å². The number of aryl methyl sites for hydroxylation is 2. The molecule has 2 aromatic carbocycles. The van der Waals surface area contributed by atoms with Gasteiger partial charge >= 0.3 is 0 Å². The van der Waals surface area contributed by atoms with Gasteiger partial charge < -0.3 is 4.74 Å². The minimum atomic E-state index is 0.860. The summed E-state index contributed by atoms with van der Waals surface area (Å²) in [6.07, 6.45) is 2.03. The summed E-state index contributed by atoms with van der Waals surface area (Å²) in [5, 5.41) is 0. The van der Waals surface area contributed by atoms with Crippen LogP contribution in [-0.4, -0.2) is 7.11 Å². The summed E-state index contributed by atoms with van der Waals surface area (Å²) >= 11 is 0. The van der Waals surface area contributed by atoms with E-state index in [9.17, 15) is 0 Å². The molecule has 0 saturated carbocycles. The van der Waals surface area contributed by atoms with E-state index in [1.807, 2.05) is 18.2 Å². The van der Waals surface area contributed by atoms with Crippen molar-refractivity contribution in [3.05, 3.63) is 65.7 Å². The van der Waals surface area contributed by atoms with Crippen LogP contribution < -0.4 is 4.74 Å². The van der Waals surface area contributed by atoms with Crippen LogP contribution in [0, 0.1) is 6.07 Å². The number of hydrogen-bond donors (Lipinski definition) is 0. The van der Waals surface area contributed by atoms with Gasteiger partial charge in [0.2, 0.25) is 0 Å². The van der Waals surface area contributed by atoms with Crippen molar-refractivity contribution in [3.63, 3.8) is 0 Å². The van der Waals surface area contributed by atoms with E-state index in [2.05, 4.69) is 36.4 Å².